The molecule has 7 nitrogen and oxygen atoms in total. The first kappa shape index (κ1) is 20.0. The van der Waals surface area contributed by atoms with Crippen molar-refractivity contribution in [2.75, 3.05) is 0 Å². The topological polar surface area (TPSA) is 97.4 Å². The van der Waals surface area contributed by atoms with E-state index in [2.05, 4.69) is 15.6 Å². The van der Waals surface area contributed by atoms with Crippen molar-refractivity contribution in [3.63, 3.8) is 0 Å². The minimum atomic E-state index is -1.14. The van der Waals surface area contributed by atoms with Gasteiger partial charge in [-0.3, -0.25) is 15.1 Å². The number of nitrogens with one attached hydrogen (secondary N) is 2. The summed E-state index contributed by atoms with van der Waals surface area (Å²) in [6, 6.07) is 17.4. The van der Waals surface area contributed by atoms with Crippen molar-refractivity contribution in [2.24, 2.45) is 0 Å². The molecule has 0 saturated carbocycles. The predicted octanol–water partition coefficient (Wildman–Crippen LogP) is 3.11. The summed E-state index contributed by atoms with van der Waals surface area (Å²) in [5.41, 5.74) is 2.54. The maximum atomic E-state index is 12.6. The highest BCUT2D eigenvalue weighted by Gasteiger charge is 2.22. The molecule has 7 heteroatoms. The van der Waals surface area contributed by atoms with Gasteiger partial charge in [0.05, 0.1) is 11.1 Å². The Morgan fingerprint density at radius 2 is 1.72 bits per heavy atom. The number of rotatable bonds is 5. The number of hydrogen-bond acceptors (Lipinski definition) is 5. The number of para-hydroxylation sites is 1. The van der Waals surface area contributed by atoms with Crippen LogP contribution in [-0.4, -0.2) is 29.0 Å². The van der Waals surface area contributed by atoms with E-state index in [0.717, 1.165) is 5.56 Å². The number of pyridine rings is 1. The van der Waals surface area contributed by atoms with Crippen molar-refractivity contribution in [1.82, 2.24) is 15.6 Å². The third-order valence-electron chi connectivity index (χ3n) is 4.25. The van der Waals surface area contributed by atoms with Gasteiger partial charge >= 0.3 is 12.0 Å². The van der Waals surface area contributed by atoms with Crippen molar-refractivity contribution in [1.29, 1.82) is 0 Å². The lowest BCUT2D eigenvalue weighted by Gasteiger charge is -2.14. The summed E-state index contributed by atoms with van der Waals surface area (Å²) in [4.78, 5) is 41.1. The van der Waals surface area contributed by atoms with Crippen LogP contribution >= 0.6 is 0 Å². The number of aryl methyl sites for hydroxylation is 1. The van der Waals surface area contributed by atoms with E-state index < -0.39 is 24.0 Å². The highest BCUT2D eigenvalue weighted by atomic mass is 16.5. The van der Waals surface area contributed by atoms with Gasteiger partial charge in [0.1, 0.15) is 0 Å². The molecule has 0 aliphatic carbocycles. The minimum Gasteiger partial charge on any atom is -0.449 e. The molecule has 2 aromatic carbocycles. The van der Waals surface area contributed by atoms with Gasteiger partial charge < -0.3 is 10.1 Å². The van der Waals surface area contributed by atoms with Crippen LogP contribution in [0.5, 0.6) is 0 Å². The number of carbonyl (C=O) groups is 3. The van der Waals surface area contributed by atoms with Crippen LogP contribution in [0.25, 0.3) is 10.9 Å². The van der Waals surface area contributed by atoms with Crippen LogP contribution in [0.4, 0.5) is 4.79 Å². The molecule has 0 radical (unpaired) electrons. The average molecular weight is 391 g/mol. The molecule has 0 aliphatic heterocycles. The van der Waals surface area contributed by atoms with Crippen molar-refractivity contribution in [3.05, 3.63) is 77.5 Å². The molecule has 29 heavy (non-hydrogen) atoms. The molecule has 1 heterocycles. The Hall–Kier alpha value is -3.74. The second kappa shape index (κ2) is 8.97. The quantitative estimate of drug-likeness (QED) is 0.652. The van der Waals surface area contributed by atoms with E-state index in [1.165, 1.54) is 6.92 Å². The van der Waals surface area contributed by atoms with Crippen LogP contribution in [0.3, 0.4) is 0 Å². The van der Waals surface area contributed by atoms with Crippen LogP contribution in [0.2, 0.25) is 0 Å². The fourth-order valence-electron chi connectivity index (χ4n) is 2.79. The molecule has 2 N–H and O–H groups in total. The van der Waals surface area contributed by atoms with Gasteiger partial charge in [-0.1, -0.05) is 48.5 Å². The Morgan fingerprint density at radius 1 is 1.03 bits per heavy atom. The molecule has 1 aromatic heterocycles. The number of ether oxygens (including phenoxy) is 1. The average Bonchev–Trinajstić information content (AvgIpc) is 2.72. The number of hydrogen-bond donors (Lipinski definition) is 2. The highest BCUT2D eigenvalue weighted by Crippen LogP contribution is 2.19. The smallest absolute Gasteiger partial charge is 0.339 e. The van der Waals surface area contributed by atoms with Crippen LogP contribution < -0.4 is 10.6 Å². The molecule has 0 saturated heterocycles. The van der Waals surface area contributed by atoms with Gasteiger partial charge in [-0.15, -0.1) is 0 Å². The zero-order valence-electron chi connectivity index (χ0n) is 16.1. The normalized spacial score (nSPS) is 11.5. The molecule has 1 atom stereocenters. The van der Waals surface area contributed by atoms with Gasteiger partial charge in [-0.2, -0.15) is 0 Å². The summed E-state index contributed by atoms with van der Waals surface area (Å²) in [6.45, 7) is 3.46. The first-order valence-electron chi connectivity index (χ1n) is 9.14. The molecule has 148 valence electrons. The van der Waals surface area contributed by atoms with E-state index in [-0.39, 0.29) is 6.54 Å². The minimum absolute atomic E-state index is 0.274. The fraction of sp³-hybridized carbons (Fsp3) is 0.182. The molecule has 0 bridgehead atoms. The van der Waals surface area contributed by atoms with Gasteiger partial charge in [0.25, 0.3) is 5.91 Å². The largest absolute Gasteiger partial charge is 0.449 e. The Bertz CT molecular complexity index is 1050. The van der Waals surface area contributed by atoms with E-state index in [1.54, 1.807) is 31.2 Å². The SMILES string of the molecule is Cc1cc(C(=O)O[C@H](C)C(=O)NC(=O)NCc2ccccc2)c2ccccc2n1. The molecule has 0 aliphatic rings. The zero-order chi connectivity index (χ0) is 20.8. The standard InChI is InChI=1S/C22H21N3O4/c1-14-12-18(17-10-6-7-11-19(17)24-14)21(27)29-15(2)20(26)25-22(28)23-13-16-8-4-3-5-9-16/h3-12,15H,13H2,1-2H3,(H2,23,25,26,28)/t15-/m1/s1. The summed E-state index contributed by atoms with van der Waals surface area (Å²) < 4.78 is 5.27. The summed E-state index contributed by atoms with van der Waals surface area (Å²) in [5, 5.41) is 5.39. The Labute approximate surface area is 168 Å². The maximum Gasteiger partial charge on any atom is 0.339 e. The number of aromatic nitrogens is 1. The van der Waals surface area contributed by atoms with E-state index in [1.807, 2.05) is 36.4 Å². The van der Waals surface area contributed by atoms with Crippen LogP contribution in [0.1, 0.15) is 28.5 Å². The van der Waals surface area contributed by atoms with E-state index in [9.17, 15) is 14.4 Å². The third kappa shape index (κ3) is 5.16. The lowest BCUT2D eigenvalue weighted by Crippen LogP contribution is -2.44. The Kier molecular flexibility index (Phi) is 6.19. The van der Waals surface area contributed by atoms with Crippen molar-refractivity contribution >= 4 is 28.8 Å². The van der Waals surface area contributed by atoms with Gasteiger partial charge in [0.2, 0.25) is 0 Å². The molecule has 3 aromatic rings. The van der Waals surface area contributed by atoms with Gasteiger partial charge in [-0.25, -0.2) is 9.59 Å². The first-order chi connectivity index (χ1) is 13.9. The Balaban J connectivity index is 1.59. The maximum absolute atomic E-state index is 12.6. The van der Waals surface area contributed by atoms with E-state index >= 15 is 0 Å². The third-order valence-corrected chi connectivity index (χ3v) is 4.25. The van der Waals surface area contributed by atoms with E-state index in [4.69, 9.17) is 4.74 Å². The zero-order valence-corrected chi connectivity index (χ0v) is 16.1. The van der Waals surface area contributed by atoms with Gasteiger partial charge in [0, 0.05) is 17.6 Å². The molecular formula is C22H21N3O4. The number of amides is 3. The van der Waals surface area contributed by atoms with Crippen molar-refractivity contribution in [3.8, 4) is 0 Å². The first-order valence-corrected chi connectivity index (χ1v) is 9.14. The van der Waals surface area contributed by atoms with Crippen LogP contribution in [0, 0.1) is 6.92 Å². The fourth-order valence-corrected chi connectivity index (χ4v) is 2.79. The van der Waals surface area contributed by atoms with Crippen LogP contribution in [-0.2, 0) is 16.1 Å². The molecule has 0 fully saturated rings. The molecular weight excluding hydrogens is 370 g/mol. The Morgan fingerprint density at radius 3 is 2.48 bits per heavy atom. The lowest BCUT2D eigenvalue weighted by atomic mass is 10.1. The second-order valence-corrected chi connectivity index (χ2v) is 6.53. The van der Waals surface area contributed by atoms with Crippen LogP contribution in [0.15, 0.2) is 60.7 Å². The summed E-state index contributed by atoms with van der Waals surface area (Å²) in [6.07, 6.45) is -1.14. The molecule has 0 unspecified atom stereocenters. The number of urea groups is 1. The number of esters is 1. The number of carbonyl (C=O) groups excluding carboxylic acids is 3. The number of fused-ring (bicyclic) bond motifs is 1. The second-order valence-electron chi connectivity index (χ2n) is 6.53. The summed E-state index contributed by atoms with van der Waals surface area (Å²) in [5.74, 6) is -1.36. The van der Waals surface area contributed by atoms with E-state index in [0.29, 0.717) is 22.2 Å². The predicted molar refractivity (Wildman–Crippen MR) is 108 cm³/mol. The molecule has 3 rings (SSSR count). The summed E-state index contributed by atoms with van der Waals surface area (Å²) in [7, 11) is 0. The number of imide groups is 1. The van der Waals surface area contributed by atoms with Gasteiger partial charge in [0.15, 0.2) is 6.10 Å². The van der Waals surface area contributed by atoms with Crippen molar-refractivity contribution < 1.29 is 19.1 Å². The van der Waals surface area contributed by atoms with Gasteiger partial charge in [-0.05, 0) is 31.5 Å². The molecule has 3 amide bonds. The highest BCUT2D eigenvalue weighted by molar-refractivity contribution is 6.05. The number of nitrogens with zero attached hydrogens (tertiary/aromatic N) is 1. The lowest BCUT2D eigenvalue weighted by molar-refractivity contribution is -0.127. The number of benzene rings is 2. The monoisotopic (exact) mass is 391 g/mol. The van der Waals surface area contributed by atoms with Crippen molar-refractivity contribution in [2.45, 2.75) is 26.5 Å². The molecule has 0 spiro atoms. The summed E-state index contributed by atoms with van der Waals surface area (Å²) >= 11 is 0.